The molecule has 16 heavy (non-hydrogen) atoms. The van der Waals surface area contributed by atoms with Crippen LogP contribution >= 0.6 is 0 Å². The van der Waals surface area contributed by atoms with Gasteiger partial charge in [0.05, 0.1) is 6.04 Å². The smallest absolute Gasteiger partial charge is 0.234 e. The molecule has 1 rings (SSSR count). The molecule has 0 aliphatic rings. The van der Waals surface area contributed by atoms with Gasteiger partial charge in [-0.3, -0.25) is 4.79 Å². The normalized spacial score (nSPS) is 14.4. The lowest BCUT2D eigenvalue weighted by atomic mass is 9.98. The van der Waals surface area contributed by atoms with Crippen LogP contribution in [-0.2, 0) is 11.3 Å². The summed E-state index contributed by atoms with van der Waals surface area (Å²) in [5.41, 5.74) is 6.54. The van der Waals surface area contributed by atoms with Crippen LogP contribution in [-0.4, -0.2) is 11.9 Å². The highest BCUT2D eigenvalue weighted by molar-refractivity contribution is 5.80. The molecule has 3 heteroatoms. The summed E-state index contributed by atoms with van der Waals surface area (Å²) in [6.45, 7) is 4.77. The Morgan fingerprint density at radius 3 is 2.50 bits per heavy atom. The standard InChI is InChI=1S/C13H20N2O/c1-3-10(2)12(13(14)16)15-9-11-7-5-4-6-8-11/h4-8,10,12,15H,3,9H2,1-2H3,(H2,14,16)/t10?,12-/m0/s1. The molecule has 88 valence electrons. The minimum atomic E-state index is -0.273. The molecule has 0 radical (unpaired) electrons. The van der Waals surface area contributed by atoms with Gasteiger partial charge in [-0.15, -0.1) is 0 Å². The van der Waals surface area contributed by atoms with Crippen LogP contribution in [0, 0.1) is 5.92 Å². The first-order valence-corrected chi connectivity index (χ1v) is 5.71. The van der Waals surface area contributed by atoms with Crippen molar-refractivity contribution in [3.05, 3.63) is 35.9 Å². The maximum absolute atomic E-state index is 11.3. The zero-order valence-corrected chi connectivity index (χ0v) is 9.94. The van der Waals surface area contributed by atoms with Crippen molar-refractivity contribution in [1.29, 1.82) is 0 Å². The molecule has 1 aromatic rings. The summed E-state index contributed by atoms with van der Waals surface area (Å²) in [4.78, 5) is 11.3. The Morgan fingerprint density at radius 2 is 2.00 bits per heavy atom. The molecule has 0 aliphatic heterocycles. The van der Waals surface area contributed by atoms with Gasteiger partial charge in [-0.2, -0.15) is 0 Å². The number of amides is 1. The van der Waals surface area contributed by atoms with Crippen LogP contribution in [0.1, 0.15) is 25.8 Å². The number of carbonyl (C=O) groups is 1. The van der Waals surface area contributed by atoms with E-state index in [1.807, 2.05) is 37.3 Å². The van der Waals surface area contributed by atoms with Gasteiger partial charge in [-0.1, -0.05) is 50.6 Å². The number of hydrogen-bond acceptors (Lipinski definition) is 2. The third kappa shape index (κ3) is 3.66. The van der Waals surface area contributed by atoms with Crippen molar-refractivity contribution in [2.24, 2.45) is 11.7 Å². The predicted molar refractivity (Wildman–Crippen MR) is 65.7 cm³/mol. The van der Waals surface area contributed by atoms with Crippen molar-refractivity contribution in [3.63, 3.8) is 0 Å². The highest BCUT2D eigenvalue weighted by atomic mass is 16.1. The van der Waals surface area contributed by atoms with Gasteiger partial charge in [0.2, 0.25) is 5.91 Å². The number of rotatable bonds is 6. The lowest BCUT2D eigenvalue weighted by Crippen LogP contribution is -2.45. The fourth-order valence-electron chi connectivity index (χ4n) is 1.64. The van der Waals surface area contributed by atoms with E-state index in [-0.39, 0.29) is 17.9 Å². The van der Waals surface area contributed by atoms with Crippen LogP contribution in [0.2, 0.25) is 0 Å². The molecule has 3 N–H and O–H groups in total. The minimum absolute atomic E-state index is 0.245. The zero-order chi connectivity index (χ0) is 12.0. The summed E-state index contributed by atoms with van der Waals surface area (Å²) in [6.07, 6.45) is 0.940. The molecule has 0 saturated heterocycles. The quantitative estimate of drug-likeness (QED) is 0.766. The van der Waals surface area contributed by atoms with E-state index >= 15 is 0 Å². The van der Waals surface area contributed by atoms with Crippen molar-refractivity contribution in [1.82, 2.24) is 5.32 Å². The van der Waals surface area contributed by atoms with Crippen LogP contribution in [0.5, 0.6) is 0 Å². The SMILES string of the molecule is CCC(C)[C@H](NCc1ccccc1)C(N)=O. The summed E-state index contributed by atoms with van der Waals surface area (Å²) in [7, 11) is 0. The van der Waals surface area contributed by atoms with Crippen LogP contribution in [0.4, 0.5) is 0 Å². The third-order valence-corrected chi connectivity index (χ3v) is 2.89. The molecule has 0 bridgehead atoms. The minimum Gasteiger partial charge on any atom is -0.368 e. The zero-order valence-electron chi connectivity index (χ0n) is 9.94. The molecule has 0 heterocycles. The Balaban J connectivity index is 2.54. The van der Waals surface area contributed by atoms with Crippen LogP contribution < -0.4 is 11.1 Å². The highest BCUT2D eigenvalue weighted by Crippen LogP contribution is 2.08. The van der Waals surface area contributed by atoms with E-state index in [9.17, 15) is 4.79 Å². The summed E-state index contributed by atoms with van der Waals surface area (Å²) in [5, 5.41) is 3.21. The van der Waals surface area contributed by atoms with Crippen molar-refractivity contribution < 1.29 is 4.79 Å². The number of primary amides is 1. The lowest BCUT2D eigenvalue weighted by molar-refractivity contribution is -0.121. The van der Waals surface area contributed by atoms with Gasteiger partial charge in [0.15, 0.2) is 0 Å². The van der Waals surface area contributed by atoms with E-state index in [0.717, 1.165) is 12.0 Å². The van der Waals surface area contributed by atoms with Gasteiger partial charge < -0.3 is 11.1 Å². The van der Waals surface area contributed by atoms with E-state index in [1.54, 1.807) is 0 Å². The van der Waals surface area contributed by atoms with E-state index in [4.69, 9.17) is 5.73 Å². The van der Waals surface area contributed by atoms with Gasteiger partial charge in [0.1, 0.15) is 0 Å². The molecule has 0 aromatic heterocycles. The number of nitrogens with one attached hydrogen (secondary N) is 1. The second-order valence-electron chi connectivity index (χ2n) is 4.13. The molecule has 0 spiro atoms. The molecule has 1 amide bonds. The second kappa shape index (κ2) is 6.28. The predicted octanol–water partition coefficient (Wildman–Crippen LogP) is 1.68. The lowest BCUT2D eigenvalue weighted by Gasteiger charge is -2.21. The number of carbonyl (C=O) groups excluding carboxylic acids is 1. The van der Waals surface area contributed by atoms with E-state index in [1.165, 1.54) is 0 Å². The monoisotopic (exact) mass is 220 g/mol. The molecular formula is C13H20N2O. The number of nitrogens with two attached hydrogens (primary N) is 1. The summed E-state index contributed by atoms with van der Waals surface area (Å²) in [6, 6.07) is 9.76. The summed E-state index contributed by atoms with van der Waals surface area (Å²) in [5.74, 6) is -0.00788. The maximum Gasteiger partial charge on any atom is 0.234 e. The molecular weight excluding hydrogens is 200 g/mol. The molecule has 1 aromatic carbocycles. The fraction of sp³-hybridized carbons (Fsp3) is 0.462. The van der Waals surface area contributed by atoms with Crippen molar-refractivity contribution in [3.8, 4) is 0 Å². The third-order valence-electron chi connectivity index (χ3n) is 2.89. The van der Waals surface area contributed by atoms with Crippen molar-refractivity contribution in [2.75, 3.05) is 0 Å². The molecule has 0 aliphatic carbocycles. The van der Waals surface area contributed by atoms with E-state index in [0.29, 0.717) is 6.54 Å². The first kappa shape index (κ1) is 12.7. The Bertz CT molecular complexity index is 324. The van der Waals surface area contributed by atoms with Crippen LogP contribution in [0.25, 0.3) is 0 Å². The largest absolute Gasteiger partial charge is 0.368 e. The highest BCUT2D eigenvalue weighted by Gasteiger charge is 2.20. The second-order valence-corrected chi connectivity index (χ2v) is 4.13. The first-order valence-electron chi connectivity index (χ1n) is 5.71. The first-order chi connectivity index (χ1) is 7.65. The average Bonchev–Trinajstić information content (AvgIpc) is 2.30. The van der Waals surface area contributed by atoms with Gasteiger partial charge in [0, 0.05) is 6.54 Å². The Hall–Kier alpha value is -1.35. The Morgan fingerprint density at radius 1 is 1.38 bits per heavy atom. The summed E-state index contributed by atoms with van der Waals surface area (Å²) >= 11 is 0. The fourth-order valence-corrected chi connectivity index (χ4v) is 1.64. The number of hydrogen-bond donors (Lipinski definition) is 2. The maximum atomic E-state index is 11.3. The summed E-state index contributed by atoms with van der Waals surface area (Å²) < 4.78 is 0. The van der Waals surface area contributed by atoms with Crippen molar-refractivity contribution in [2.45, 2.75) is 32.9 Å². The van der Waals surface area contributed by atoms with Gasteiger partial charge in [0.25, 0.3) is 0 Å². The van der Waals surface area contributed by atoms with Crippen LogP contribution in [0.15, 0.2) is 30.3 Å². The van der Waals surface area contributed by atoms with E-state index in [2.05, 4.69) is 12.2 Å². The Kier molecular flexibility index (Phi) is 4.99. The topological polar surface area (TPSA) is 55.1 Å². The van der Waals surface area contributed by atoms with E-state index < -0.39 is 0 Å². The van der Waals surface area contributed by atoms with Gasteiger partial charge in [-0.25, -0.2) is 0 Å². The van der Waals surface area contributed by atoms with Crippen LogP contribution in [0.3, 0.4) is 0 Å². The average molecular weight is 220 g/mol. The molecule has 0 saturated carbocycles. The molecule has 1 unspecified atom stereocenters. The van der Waals surface area contributed by atoms with Gasteiger partial charge >= 0.3 is 0 Å². The Labute approximate surface area is 97.0 Å². The molecule has 2 atom stereocenters. The number of benzene rings is 1. The molecule has 0 fully saturated rings. The van der Waals surface area contributed by atoms with Gasteiger partial charge in [-0.05, 0) is 11.5 Å². The van der Waals surface area contributed by atoms with Crippen molar-refractivity contribution >= 4 is 5.91 Å². The molecule has 3 nitrogen and oxygen atoms in total.